The number of nitrogens with zero attached hydrogens (tertiary/aromatic N) is 2. The molecule has 2 aliphatic heterocycles. The molecule has 1 aromatic heterocycles. The maximum Gasteiger partial charge on any atom is 0.363 e. The van der Waals surface area contributed by atoms with E-state index in [4.69, 9.17) is 4.42 Å². The monoisotopic (exact) mass is 591 g/mol. The number of anilines is 2. The molecule has 0 amide bonds. The van der Waals surface area contributed by atoms with Gasteiger partial charge in [-0.25, -0.2) is 9.21 Å². The number of carbonyl (C=O) groups is 1. The molecular weight excluding hydrogens is 556 g/mol. The number of hydrogen-bond donors (Lipinski definition) is 1. The highest BCUT2D eigenvalue weighted by Gasteiger charge is 2.39. The van der Waals surface area contributed by atoms with Gasteiger partial charge in [0.25, 0.3) is 0 Å². The number of carboxylic acid groups (broad SMARTS) is 1. The average Bonchev–Trinajstić information content (AvgIpc) is 3.04. The first-order valence-electron chi connectivity index (χ1n) is 15.4. The van der Waals surface area contributed by atoms with E-state index in [9.17, 15) is 9.90 Å². The van der Waals surface area contributed by atoms with Crippen molar-refractivity contribution in [3.63, 3.8) is 0 Å². The fourth-order valence-corrected chi connectivity index (χ4v) is 7.59. The van der Waals surface area contributed by atoms with Crippen molar-refractivity contribution in [1.29, 1.82) is 0 Å². The van der Waals surface area contributed by atoms with Gasteiger partial charge in [0.15, 0.2) is 0 Å². The van der Waals surface area contributed by atoms with E-state index in [0.717, 1.165) is 50.0 Å². The molecule has 5 aromatic carbocycles. The van der Waals surface area contributed by atoms with Crippen LogP contribution in [0.4, 0.5) is 11.4 Å². The normalized spacial score (nSPS) is 15.8. The van der Waals surface area contributed by atoms with E-state index in [1.807, 2.05) is 12.1 Å². The van der Waals surface area contributed by atoms with Crippen LogP contribution in [-0.4, -0.2) is 25.2 Å². The second-order valence-corrected chi connectivity index (χ2v) is 13.4. The van der Waals surface area contributed by atoms with Crippen LogP contribution in [0.15, 0.2) is 101 Å². The Balaban J connectivity index is 1.54. The number of rotatable bonds is 2. The zero-order valence-corrected chi connectivity index (χ0v) is 26.4. The first-order valence-corrected chi connectivity index (χ1v) is 15.4. The van der Waals surface area contributed by atoms with Crippen molar-refractivity contribution in [2.75, 3.05) is 23.9 Å². The van der Waals surface area contributed by atoms with Crippen molar-refractivity contribution in [3.05, 3.63) is 114 Å². The summed E-state index contributed by atoms with van der Waals surface area (Å²) in [5.74, 6) is -0.956. The van der Waals surface area contributed by atoms with Crippen LogP contribution in [-0.2, 0) is 11.1 Å². The van der Waals surface area contributed by atoms with Gasteiger partial charge < -0.3 is 14.9 Å². The Morgan fingerprint density at radius 2 is 1.02 bits per heavy atom. The van der Waals surface area contributed by atoms with E-state index in [1.54, 1.807) is 12.1 Å². The van der Waals surface area contributed by atoms with Gasteiger partial charge in [0.2, 0.25) is 0 Å². The minimum atomic E-state index is -0.956. The van der Waals surface area contributed by atoms with E-state index in [2.05, 4.69) is 124 Å². The Morgan fingerprint density at radius 1 is 0.600 bits per heavy atom. The maximum absolute atomic E-state index is 12.7. The van der Waals surface area contributed by atoms with Crippen LogP contribution in [0.1, 0.15) is 49.2 Å². The minimum Gasteiger partial charge on any atom is -0.478 e. The third-order valence-electron chi connectivity index (χ3n) is 10.5. The summed E-state index contributed by atoms with van der Waals surface area (Å²) < 4.78 is 6.85. The summed E-state index contributed by atoms with van der Waals surface area (Å²) in [5, 5.41) is 12.1. The van der Waals surface area contributed by atoms with Gasteiger partial charge in [-0.05, 0) is 73.7 Å². The molecule has 222 valence electrons. The first kappa shape index (κ1) is 27.4. The van der Waals surface area contributed by atoms with Gasteiger partial charge in [-0.3, -0.25) is 0 Å². The molecule has 3 heterocycles. The van der Waals surface area contributed by atoms with Crippen molar-refractivity contribution in [2.45, 2.75) is 38.8 Å². The maximum atomic E-state index is 12.7. The molecule has 8 rings (SSSR count). The molecule has 0 aliphatic carbocycles. The Kier molecular flexibility index (Phi) is 5.59. The van der Waals surface area contributed by atoms with E-state index >= 15 is 0 Å². The number of hydrogen-bond acceptors (Lipinski definition) is 3. The van der Waals surface area contributed by atoms with E-state index in [0.29, 0.717) is 5.56 Å². The van der Waals surface area contributed by atoms with Crippen LogP contribution < -0.4 is 9.80 Å². The fourth-order valence-electron chi connectivity index (χ4n) is 7.59. The average molecular weight is 592 g/mol. The van der Waals surface area contributed by atoms with Gasteiger partial charge in [0.1, 0.15) is 0 Å². The third kappa shape index (κ3) is 3.67. The molecule has 45 heavy (non-hydrogen) atoms. The third-order valence-corrected chi connectivity index (χ3v) is 10.5. The number of carboxylic acids is 1. The van der Waals surface area contributed by atoms with Crippen LogP contribution in [0.25, 0.3) is 55.3 Å². The van der Waals surface area contributed by atoms with Gasteiger partial charge in [0, 0.05) is 30.8 Å². The summed E-state index contributed by atoms with van der Waals surface area (Å²) in [6, 6.07) is 33.1. The SMILES string of the molecule is CN1c2cc3[o+]c4cc5c(cc4c(-c4ccccc4C(=O)O)c3cc2-c2ccccc2C1(C)C)-c1ccccc1C(C)(C)N5C. The van der Waals surface area contributed by atoms with Crippen molar-refractivity contribution in [1.82, 2.24) is 0 Å². The largest absolute Gasteiger partial charge is 0.478 e. The molecule has 0 saturated heterocycles. The summed E-state index contributed by atoms with van der Waals surface area (Å²) >= 11 is 0. The Morgan fingerprint density at radius 3 is 1.49 bits per heavy atom. The smallest absolute Gasteiger partial charge is 0.363 e. The summed E-state index contributed by atoms with van der Waals surface area (Å²) in [5.41, 5.74) is 12.0. The standard InChI is InChI=1S/C40H34N2O3/c1-39(2)31-17-11-9-13-23(31)27-19-29-35(21-33(27)41(39)5)45-36-22-34-28(24-14-10-12-18-32(24)40(3,4)42(34)6)20-30(36)37(29)25-15-7-8-16-26(25)38(43)44/h7-22H,1-6H3/p+1. The van der Waals surface area contributed by atoms with Crippen molar-refractivity contribution >= 4 is 39.3 Å². The van der Waals surface area contributed by atoms with Gasteiger partial charge in [0.05, 0.1) is 50.9 Å². The van der Waals surface area contributed by atoms with Gasteiger partial charge in [-0.1, -0.05) is 66.7 Å². The zero-order valence-electron chi connectivity index (χ0n) is 26.4. The Bertz CT molecular complexity index is 2120. The molecule has 0 atom stereocenters. The van der Waals surface area contributed by atoms with E-state index < -0.39 is 5.97 Å². The van der Waals surface area contributed by atoms with Crippen LogP contribution >= 0.6 is 0 Å². The van der Waals surface area contributed by atoms with Gasteiger partial charge in [-0.15, -0.1) is 0 Å². The van der Waals surface area contributed by atoms with Crippen LogP contribution in [0.2, 0.25) is 0 Å². The van der Waals surface area contributed by atoms with Crippen molar-refractivity contribution < 1.29 is 14.3 Å². The van der Waals surface area contributed by atoms with Crippen molar-refractivity contribution in [2.24, 2.45) is 0 Å². The highest BCUT2D eigenvalue weighted by Crippen LogP contribution is 2.53. The quantitative estimate of drug-likeness (QED) is 0.160. The lowest BCUT2D eigenvalue weighted by Crippen LogP contribution is -2.41. The number of fused-ring (bicyclic) bond motifs is 8. The molecule has 0 bridgehead atoms. The lowest BCUT2D eigenvalue weighted by Gasteiger charge is -2.44. The molecule has 5 heteroatoms. The Labute approximate surface area is 263 Å². The fraction of sp³-hybridized carbons (Fsp3) is 0.200. The topological polar surface area (TPSA) is 55.1 Å². The Hall–Kier alpha value is -5.16. The van der Waals surface area contributed by atoms with Crippen molar-refractivity contribution in [3.8, 4) is 33.4 Å². The highest BCUT2D eigenvalue weighted by molar-refractivity contribution is 6.15. The minimum absolute atomic E-state index is 0.229. The molecule has 5 nitrogen and oxygen atoms in total. The van der Waals surface area contributed by atoms with Gasteiger partial charge in [-0.2, -0.15) is 0 Å². The van der Waals surface area contributed by atoms with E-state index in [-0.39, 0.29) is 16.6 Å². The summed E-state index contributed by atoms with van der Waals surface area (Å²) in [7, 11) is 4.26. The molecule has 0 unspecified atom stereocenters. The molecule has 0 fully saturated rings. The molecule has 6 aromatic rings. The number of aromatic carboxylic acids is 1. The predicted octanol–water partition coefficient (Wildman–Crippen LogP) is 9.94. The molecule has 0 spiro atoms. The predicted molar refractivity (Wildman–Crippen MR) is 184 cm³/mol. The lowest BCUT2D eigenvalue weighted by atomic mass is 9.79. The van der Waals surface area contributed by atoms with Crippen LogP contribution in [0.3, 0.4) is 0 Å². The van der Waals surface area contributed by atoms with Crippen LogP contribution in [0, 0.1) is 0 Å². The summed E-state index contributed by atoms with van der Waals surface area (Å²) in [6.45, 7) is 8.97. The molecule has 2 aliphatic rings. The molecular formula is C40H35N2O3+. The lowest BCUT2D eigenvalue weighted by molar-refractivity contribution is 0.0697. The second-order valence-electron chi connectivity index (χ2n) is 13.4. The highest BCUT2D eigenvalue weighted by atomic mass is 16.4. The van der Waals surface area contributed by atoms with E-state index in [1.165, 1.54) is 22.3 Å². The zero-order chi connectivity index (χ0) is 31.4. The van der Waals surface area contributed by atoms with Gasteiger partial charge >= 0.3 is 17.1 Å². The summed E-state index contributed by atoms with van der Waals surface area (Å²) in [6.07, 6.45) is 0. The van der Waals surface area contributed by atoms with Crippen LogP contribution in [0.5, 0.6) is 0 Å². The molecule has 0 saturated carbocycles. The molecule has 1 N–H and O–H groups in total. The number of benzene rings is 5. The summed E-state index contributed by atoms with van der Waals surface area (Å²) in [4.78, 5) is 17.3. The second kappa shape index (κ2) is 9.18. The molecule has 0 radical (unpaired) electrons. The first-order chi connectivity index (χ1) is 21.5.